The van der Waals surface area contributed by atoms with Gasteiger partial charge in [-0.25, -0.2) is 0 Å². The van der Waals surface area contributed by atoms with E-state index in [1.165, 1.54) is 0 Å². The molecule has 0 aromatic heterocycles. The van der Waals surface area contributed by atoms with Crippen molar-refractivity contribution in [1.29, 1.82) is 0 Å². The third-order valence-electron chi connectivity index (χ3n) is 3.85. The Labute approximate surface area is 119 Å². The topological polar surface area (TPSA) is 73.6 Å². The van der Waals surface area contributed by atoms with Crippen LogP contribution in [0.2, 0.25) is 0 Å². The number of ether oxygens (including phenoxy) is 2. The number of amides is 1. The minimum absolute atomic E-state index is 0.0378. The fourth-order valence-electron chi connectivity index (χ4n) is 2.32. The molecule has 1 amide bonds. The van der Waals surface area contributed by atoms with Gasteiger partial charge in [0.15, 0.2) is 11.5 Å². The van der Waals surface area contributed by atoms with Crippen LogP contribution in [-0.4, -0.2) is 32.2 Å². The van der Waals surface area contributed by atoms with Crippen molar-refractivity contribution in [3.05, 3.63) is 23.8 Å². The number of hydrogen-bond acceptors (Lipinski definition) is 4. The zero-order valence-corrected chi connectivity index (χ0v) is 12.1. The molecule has 3 N–H and O–H groups in total. The Hall–Kier alpha value is -1.75. The standard InChI is InChI=1S/C15H22N2O3/c1-19-12-5-4-11(10-13(12)20-2)6-9-17-14(18)15(16)7-3-8-15/h4-5,10H,3,6-9,16H2,1-2H3,(H,17,18). The molecule has 0 unspecified atom stereocenters. The van der Waals surface area contributed by atoms with Gasteiger partial charge in [0.05, 0.1) is 19.8 Å². The molecular formula is C15H22N2O3. The molecule has 2 rings (SSSR count). The predicted molar refractivity (Wildman–Crippen MR) is 77.0 cm³/mol. The molecule has 0 atom stereocenters. The molecule has 1 aromatic rings. The van der Waals surface area contributed by atoms with Crippen LogP contribution >= 0.6 is 0 Å². The minimum atomic E-state index is -0.627. The Morgan fingerprint density at radius 1 is 1.30 bits per heavy atom. The molecule has 0 heterocycles. The number of benzene rings is 1. The van der Waals surface area contributed by atoms with Gasteiger partial charge in [-0.3, -0.25) is 4.79 Å². The molecule has 0 aliphatic heterocycles. The second-order valence-corrected chi connectivity index (χ2v) is 5.20. The first kappa shape index (κ1) is 14.7. The van der Waals surface area contributed by atoms with Crippen molar-refractivity contribution < 1.29 is 14.3 Å². The Kier molecular flexibility index (Phi) is 4.49. The lowest BCUT2D eigenvalue weighted by atomic mass is 9.77. The molecule has 1 aliphatic rings. The summed E-state index contributed by atoms with van der Waals surface area (Å²) in [7, 11) is 3.22. The van der Waals surface area contributed by atoms with Gasteiger partial charge in [0.25, 0.3) is 0 Å². The van der Waals surface area contributed by atoms with Crippen LogP contribution in [0.3, 0.4) is 0 Å². The third kappa shape index (κ3) is 3.04. The third-order valence-corrected chi connectivity index (χ3v) is 3.85. The van der Waals surface area contributed by atoms with Crippen LogP contribution in [0.5, 0.6) is 11.5 Å². The number of carbonyl (C=O) groups is 1. The number of carbonyl (C=O) groups excluding carboxylic acids is 1. The van der Waals surface area contributed by atoms with Gasteiger partial charge in [0.2, 0.25) is 5.91 Å². The largest absolute Gasteiger partial charge is 0.493 e. The van der Waals surface area contributed by atoms with Crippen LogP contribution in [0.15, 0.2) is 18.2 Å². The SMILES string of the molecule is COc1ccc(CCNC(=O)C2(N)CCC2)cc1OC. The van der Waals surface area contributed by atoms with Crippen molar-refractivity contribution >= 4 is 5.91 Å². The minimum Gasteiger partial charge on any atom is -0.493 e. The summed E-state index contributed by atoms with van der Waals surface area (Å²) in [5, 5.41) is 2.90. The van der Waals surface area contributed by atoms with Crippen molar-refractivity contribution in [3.8, 4) is 11.5 Å². The van der Waals surface area contributed by atoms with Crippen molar-refractivity contribution in [2.75, 3.05) is 20.8 Å². The normalized spacial score (nSPS) is 16.1. The summed E-state index contributed by atoms with van der Waals surface area (Å²) in [6.07, 6.45) is 3.35. The highest BCUT2D eigenvalue weighted by Crippen LogP contribution is 2.29. The van der Waals surface area contributed by atoms with E-state index in [9.17, 15) is 4.79 Å². The van der Waals surface area contributed by atoms with Crippen LogP contribution in [0, 0.1) is 0 Å². The molecule has 0 saturated heterocycles. The first-order chi connectivity index (χ1) is 9.59. The second kappa shape index (κ2) is 6.13. The highest BCUT2D eigenvalue weighted by atomic mass is 16.5. The molecular weight excluding hydrogens is 256 g/mol. The fraction of sp³-hybridized carbons (Fsp3) is 0.533. The van der Waals surface area contributed by atoms with Gasteiger partial charge in [0, 0.05) is 6.54 Å². The summed E-state index contributed by atoms with van der Waals surface area (Å²) >= 11 is 0. The predicted octanol–water partition coefficient (Wildman–Crippen LogP) is 1.24. The van der Waals surface area contributed by atoms with Gasteiger partial charge in [-0.1, -0.05) is 6.07 Å². The molecule has 1 fully saturated rings. The highest BCUT2D eigenvalue weighted by Gasteiger charge is 2.39. The lowest BCUT2D eigenvalue weighted by molar-refractivity contribution is -0.129. The maximum atomic E-state index is 11.9. The molecule has 1 saturated carbocycles. The number of hydrogen-bond donors (Lipinski definition) is 2. The quantitative estimate of drug-likeness (QED) is 0.821. The van der Waals surface area contributed by atoms with Crippen LogP contribution in [0.25, 0.3) is 0 Å². The highest BCUT2D eigenvalue weighted by molar-refractivity contribution is 5.86. The molecule has 1 aromatic carbocycles. The summed E-state index contributed by atoms with van der Waals surface area (Å²) in [5.74, 6) is 1.37. The molecule has 5 nitrogen and oxygen atoms in total. The van der Waals surface area contributed by atoms with Gasteiger partial charge >= 0.3 is 0 Å². The van der Waals surface area contributed by atoms with Crippen LogP contribution in [0.4, 0.5) is 0 Å². The molecule has 0 bridgehead atoms. The van der Waals surface area contributed by atoms with Gasteiger partial charge in [-0.05, 0) is 43.4 Å². The maximum Gasteiger partial charge on any atom is 0.240 e. The monoisotopic (exact) mass is 278 g/mol. The van der Waals surface area contributed by atoms with E-state index >= 15 is 0 Å². The Bertz CT molecular complexity index is 484. The lowest BCUT2D eigenvalue weighted by Crippen LogP contribution is -2.58. The van der Waals surface area contributed by atoms with Gasteiger partial charge < -0.3 is 20.5 Å². The number of methoxy groups -OCH3 is 2. The zero-order chi connectivity index (χ0) is 14.6. The van der Waals surface area contributed by atoms with E-state index in [2.05, 4.69) is 5.32 Å². The summed E-state index contributed by atoms with van der Waals surface area (Å²) < 4.78 is 10.4. The number of nitrogens with one attached hydrogen (secondary N) is 1. The van der Waals surface area contributed by atoms with Gasteiger partial charge in [0.1, 0.15) is 0 Å². The Morgan fingerprint density at radius 2 is 2.00 bits per heavy atom. The summed E-state index contributed by atoms with van der Waals surface area (Å²) in [5.41, 5.74) is 6.42. The first-order valence-electron chi connectivity index (χ1n) is 6.87. The average Bonchev–Trinajstić information content (AvgIpc) is 2.44. The van der Waals surface area contributed by atoms with Gasteiger partial charge in [-0.15, -0.1) is 0 Å². The fourth-order valence-corrected chi connectivity index (χ4v) is 2.32. The van der Waals surface area contributed by atoms with Gasteiger partial charge in [-0.2, -0.15) is 0 Å². The van der Waals surface area contributed by atoms with Crippen molar-refractivity contribution in [2.45, 2.75) is 31.2 Å². The molecule has 20 heavy (non-hydrogen) atoms. The molecule has 0 spiro atoms. The first-order valence-corrected chi connectivity index (χ1v) is 6.87. The van der Waals surface area contributed by atoms with Crippen molar-refractivity contribution in [2.24, 2.45) is 5.73 Å². The van der Waals surface area contributed by atoms with Crippen LogP contribution < -0.4 is 20.5 Å². The van der Waals surface area contributed by atoms with E-state index < -0.39 is 5.54 Å². The van der Waals surface area contributed by atoms with Crippen LogP contribution in [-0.2, 0) is 11.2 Å². The summed E-state index contributed by atoms with van der Waals surface area (Å²) in [4.78, 5) is 11.9. The van der Waals surface area contributed by atoms with E-state index in [1.807, 2.05) is 18.2 Å². The van der Waals surface area contributed by atoms with E-state index in [-0.39, 0.29) is 5.91 Å². The zero-order valence-electron chi connectivity index (χ0n) is 12.1. The number of nitrogens with two attached hydrogens (primary N) is 1. The van der Waals surface area contributed by atoms with Crippen molar-refractivity contribution in [1.82, 2.24) is 5.32 Å². The van der Waals surface area contributed by atoms with E-state index in [4.69, 9.17) is 15.2 Å². The Morgan fingerprint density at radius 3 is 2.55 bits per heavy atom. The van der Waals surface area contributed by atoms with Crippen LogP contribution in [0.1, 0.15) is 24.8 Å². The lowest BCUT2D eigenvalue weighted by Gasteiger charge is -2.36. The van der Waals surface area contributed by atoms with E-state index in [0.29, 0.717) is 18.0 Å². The van der Waals surface area contributed by atoms with Crippen molar-refractivity contribution in [3.63, 3.8) is 0 Å². The average molecular weight is 278 g/mol. The van der Waals surface area contributed by atoms with E-state index in [0.717, 1.165) is 31.2 Å². The number of rotatable bonds is 6. The Balaban J connectivity index is 1.86. The second-order valence-electron chi connectivity index (χ2n) is 5.20. The summed E-state index contributed by atoms with van der Waals surface area (Å²) in [6, 6.07) is 5.76. The summed E-state index contributed by atoms with van der Waals surface area (Å²) in [6.45, 7) is 0.577. The van der Waals surface area contributed by atoms with E-state index in [1.54, 1.807) is 14.2 Å². The molecule has 110 valence electrons. The molecule has 1 aliphatic carbocycles. The smallest absolute Gasteiger partial charge is 0.240 e. The molecule has 5 heteroatoms. The molecule has 0 radical (unpaired) electrons. The maximum absolute atomic E-state index is 11.9.